The Morgan fingerprint density at radius 1 is 1.26 bits per heavy atom. The number of aryl methyl sites for hydroxylation is 1. The third-order valence-electron chi connectivity index (χ3n) is 3.46. The second kappa shape index (κ2) is 7.41. The van der Waals surface area contributed by atoms with E-state index in [1.165, 1.54) is 0 Å². The quantitative estimate of drug-likeness (QED) is 0.663. The topological polar surface area (TPSA) is 71.4 Å². The summed E-state index contributed by atoms with van der Waals surface area (Å²) in [5.41, 5.74) is 3.14. The second-order valence-electron chi connectivity index (χ2n) is 5.30. The van der Waals surface area contributed by atoms with E-state index in [-0.39, 0.29) is 0 Å². The van der Waals surface area contributed by atoms with Gasteiger partial charge in [-0.3, -0.25) is 4.68 Å². The number of H-pyrrole nitrogens is 1. The van der Waals surface area contributed by atoms with Crippen LogP contribution in [-0.2, 0) is 13.0 Å². The SMILES string of the molecule is CCCc1cn(CCNc2ncc(-c3ccc(Br)cc3)[nH]2)nn1. The molecule has 0 radical (unpaired) electrons. The molecule has 7 heteroatoms. The fourth-order valence-electron chi connectivity index (χ4n) is 2.29. The first-order valence-corrected chi connectivity index (χ1v) is 8.47. The van der Waals surface area contributed by atoms with E-state index < -0.39 is 0 Å². The molecule has 3 rings (SSSR count). The number of benzene rings is 1. The molecule has 0 spiro atoms. The highest BCUT2D eigenvalue weighted by Gasteiger charge is 2.04. The molecular weight excluding hydrogens is 356 g/mol. The van der Waals surface area contributed by atoms with Gasteiger partial charge in [0.05, 0.1) is 24.1 Å². The van der Waals surface area contributed by atoms with Crippen molar-refractivity contribution < 1.29 is 0 Å². The zero-order valence-electron chi connectivity index (χ0n) is 13.0. The summed E-state index contributed by atoms with van der Waals surface area (Å²) >= 11 is 3.44. The molecule has 2 N–H and O–H groups in total. The van der Waals surface area contributed by atoms with Crippen molar-refractivity contribution >= 4 is 21.9 Å². The fourth-order valence-corrected chi connectivity index (χ4v) is 2.56. The van der Waals surface area contributed by atoms with Gasteiger partial charge in [0, 0.05) is 17.2 Å². The lowest BCUT2D eigenvalue weighted by Crippen LogP contribution is -2.11. The number of hydrogen-bond donors (Lipinski definition) is 2. The van der Waals surface area contributed by atoms with Gasteiger partial charge < -0.3 is 10.3 Å². The highest BCUT2D eigenvalue weighted by Crippen LogP contribution is 2.20. The van der Waals surface area contributed by atoms with Crippen molar-refractivity contribution in [3.8, 4) is 11.3 Å². The Morgan fingerprint density at radius 2 is 2.09 bits per heavy atom. The molecule has 0 aliphatic rings. The lowest BCUT2D eigenvalue weighted by Gasteiger charge is -2.02. The number of nitrogens with one attached hydrogen (secondary N) is 2. The van der Waals surface area contributed by atoms with Gasteiger partial charge in [0.15, 0.2) is 0 Å². The van der Waals surface area contributed by atoms with E-state index in [0.29, 0.717) is 0 Å². The summed E-state index contributed by atoms with van der Waals surface area (Å²) in [5.74, 6) is 0.761. The van der Waals surface area contributed by atoms with Crippen molar-refractivity contribution in [2.45, 2.75) is 26.3 Å². The Bertz CT molecular complexity index is 746. The number of nitrogens with zero attached hydrogens (tertiary/aromatic N) is 4. The first-order chi connectivity index (χ1) is 11.2. The minimum Gasteiger partial charge on any atom is -0.354 e. The van der Waals surface area contributed by atoms with Crippen molar-refractivity contribution in [2.24, 2.45) is 0 Å². The molecule has 0 saturated heterocycles. The molecule has 0 aliphatic carbocycles. The third kappa shape index (κ3) is 4.19. The van der Waals surface area contributed by atoms with E-state index in [4.69, 9.17) is 0 Å². The highest BCUT2D eigenvalue weighted by molar-refractivity contribution is 9.10. The first kappa shape index (κ1) is 15.7. The monoisotopic (exact) mass is 374 g/mol. The summed E-state index contributed by atoms with van der Waals surface area (Å²) in [6.07, 6.45) is 5.89. The van der Waals surface area contributed by atoms with Crippen molar-refractivity contribution in [3.05, 3.63) is 46.8 Å². The maximum atomic E-state index is 4.36. The predicted molar refractivity (Wildman–Crippen MR) is 94.2 cm³/mol. The molecule has 0 fully saturated rings. The van der Waals surface area contributed by atoms with Crippen LogP contribution in [0.1, 0.15) is 19.0 Å². The summed E-state index contributed by atoms with van der Waals surface area (Å²) in [6, 6.07) is 8.13. The molecule has 0 saturated carbocycles. The summed E-state index contributed by atoms with van der Waals surface area (Å²) in [4.78, 5) is 7.64. The average Bonchev–Trinajstić information content (AvgIpc) is 3.18. The molecule has 120 valence electrons. The Morgan fingerprint density at radius 3 is 2.87 bits per heavy atom. The number of hydrogen-bond acceptors (Lipinski definition) is 4. The van der Waals surface area contributed by atoms with Gasteiger partial charge in [0.25, 0.3) is 0 Å². The number of imidazole rings is 1. The van der Waals surface area contributed by atoms with Crippen LogP contribution in [0.3, 0.4) is 0 Å². The average molecular weight is 375 g/mol. The lowest BCUT2D eigenvalue weighted by atomic mass is 10.2. The van der Waals surface area contributed by atoms with Crippen molar-refractivity contribution in [1.29, 1.82) is 0 Å². The van der Waals surface area contributed by atoms with Crippen LogP contribution in [0.2, 0.25) is 0 Å². The molecule has 3 aromatic rings. The number of aromatic amines is 1. The van der Waals surface area contributed by atoms with Gasteiger partial charge in [-0.1, -0.05) is 46.6 Å². The summed E-state index contributed by atoms with van der Waals surface area (Å²) < 4.78 is 2.92. The van der Waals surface area contributed by atoms with Crippen LogP contribution in [0.15, 0.2) is 41.1 Å². The number of rotatable bonds is 7. The molecule has 0 amide bonds. The van der Waals surface area contributed by atoms with Crippen LogP contribution >= 0.6 is 15.9 Å². The predicted octanol–water partition coefficient (Wildman–Crippen LogP) is 3.50. The van der Waals surface area contributed by atoms with Gasteiger partial charge in [0.1, 0.15) is 0 Å². The molecule has 6 nitrogen and oxygen atoms in total. The van der Waals surface area contributed by atoms with Crippen LogP contribution in [0.5, 0.6) is 0 Å². The minimum absolute atomic E-state index is 0.738. The fraction of sp³-hybridized carbons (Fsp3) is 0.312. The molecule has 2 aromatic heterocycles. The third-order valence-corrected chi connectivity index (χ3v) is 3.99. The zero-order chi connectivity index (χ0) is 16.1. The summed E-state index contributed by atoms with van der Waals surface area (Å²) in [5, 5.41) is 11.5. The molecule has 0 bridgehead atoms. The van der Waals surface area contributed by atoms with Crippen molar-refractivity contribution in [2.75, 3.05) is 11.9 Å². The standard InChI is InChI=1S/C16H19BrN6/c1-2-3-14-11-23(22-21-14)9-8-18-16-19-10-15(20-16)12-4-6-13(17)7-5-12/h4-7,10-11H,2-3,8-9H2,1H3,(H2,18,19,20). The summed E-state index contributed by atoms with van der Waals surface area (Å²) in [6.45, 7) is 3.63. The maximum Gasteiger partial charge on any atom is 0.200 e. The van der Waals surface area contributed by atoms with Crippen LogP contribution < -0.4 is 5.32 Å². The van der Waals surface area contributed by atoms with E-state index in [9.17, 15) is 0 Å². The minimum atomic E-state index is 0.738. The van der Waals surface area contributed by atoms with Gasteiger partial charge in [-0.05, 0) is 24.1 Å². The lowest BCUT2D eigenvalue weighted by molar-refractivity contribution is 0.607. The molecule has 2 heterocycles. The van der Waals surface area contributed by atoms with E-state index in [1.807, 2.05) is 41.3 Å². The van der Waals surface area contributed by atoms with Crippen LogP contribution in [-0.4, -0.2) is 31.5 Å². The van der Waals surface area contributed by atoms with E-state index in [0.717, 1.165) is 53.3 Å². The Labute approximate surface area is 143 Å². The van der Waals surface area contributed by atoms with Gasteiger partial charge >= 0.3 is 0 Å². The van der Waals surface area contributed by atoms with Crippen LogP contribution in [0.25, 0.3) is 11.3 Å². The molecule has 0 unspecified atom stereocenters. The maximum absolute atomic E-state index is 4.36. The largest absolute Gasteiger partial charge is 0.354 e. The van der Waals surface area contributed by atoms with E-state index >= 15 is 0 Å². The Kier molecular flexibility index (Phi) is 5.07. The number of halogens is 1. The van der Waals surface area contributed by atoms with Gasteiger partial charge in [-0.15, -0.1) is 5.10 Å². The smallest absolute Gasteiger partial charge is 0.200 e. The number of aromatic nitrogens is 5. The molecule has 0 atom stereocenters. The van der Waals surface area contributed by atoms with Crippen molar-refractivity contribution in [3.63, 3.8) is 0 Å². The van der Waals surface area contributed by atoms with E-state index in [2.05, 4.69) is 48.5 Å². The Hall–Kier alpha value is -2.15. The molecule has 0 aliphatic heterocycles. The molecule has 1 aromatic carbocycles. The molecular formula is C16H19BrN6. The van der Waals surface area contributed by atoms with Gasteiger partial charge in [-0.2, -0.15) is 0 Å². The first-order valence-electron chi connectivity index (χ1n) is 7.68. The summed E-state index contributed by atoms with van der Waals surface area (Å²) in [7, 11) is 0. The number of anilines is 1. The van der Waals surface area contributed by atoms with E-state index in [1.54, 1.807) is 0 Å². The van der Waals surface area contributed by atoms with Gasteiger partial charge in [0.2, 0.25) is 5.95 Å². The van der Waals surface area contributed by atoms with Crippen LogP contribution in [0.4, 0.5) is 5.95 Å². The second-order valence-corrected chi connectivity index (χ2v) is 6.22. The highest BCUT2D eigenvalue weighted by atomic mass is 79.9. The van der Waals surface area contributed by atoms with Crippen molar-refractivity contribution in [1.82, 2.24) is 25.0 Å². The Balaban J connectivity index is 1.53. The molecule has 23 heavy (non-hydrogen) atoms. The van der Waals surface area contributed by atoms with Crippen LogP contribution in [0, 0.1) is 0 Å². The zero-order valence-corrected chi connectivity index (χ0v) is 14.5. The van der Waals surface area contributed by atoms with Gasteiger partial charge in [-0.25, -0.2) is 4.98 Å². The normalized spacial score (nSPS) is 10.9.